The van der Waals surface area contributed by atoms with Crippen molar-refractivity contribution in [1.82, 2.24) is 0 Å². The average Bonchev–Trinajstić information content (AvgIpc) is 2.75. The Morgan fingerprint density at radius 1 is 1.45 bits per heavy atom. The lowest BCUT2D eigenvalue weighted by Gasteiger charge is -2.23. The van der Waals surface area contributed by atoms with E-state index in [1.807, 2.05) is 24.3 Å². The van der Waals surface area contributed by atoms with Gasteiger partial charge in [-0.3, -0.25) is 9.59 Å². The largest absolute Gasteiger partial charge is 0.480 e. The number of rotatable bonds is 5. The van der Waals surface area contributed by atoms with Crippen LogP contribution < -0.4 is 5.73 Å². The van der Waals surface area contributed by atoms with Crippen molar-refractivity contribution >= 4 is 11.9 Å². The van der Waals surface area contributed by atoms with Crippen LogP contribution in [0.2, 0.25) is 0 Å². The number of carbonyl (C=O) groups is 2. The number of aliphatic carboxylic acids is 1. The highest BCUT2D eigenvalue weighted by Crippen LogP contribution is 2.41. The Balaban J connectivity index is 2.24. The van der Waals surface area contributed by atoms with Gasteiger partial charge in [0.2, 0.25) is 0 Å². The molecule has 3 N–H and O–H groups in total. The number of carboxylic acids is 1. The molecule has 5 nitrogen and oxygen atoms in total. The first-order valence-electron chi connectivity index (χ1n) is 6.76. The minimum Gasteiger partial charge on any atom is -0.480 e. The highest BCUT2D eigenvalue weighted by atomic mass is 16.5. The fourth-order valence-electron chi connectivity index (χ4n) is 2.98. The van der Waals surface area contributed by atoms with E-state index in [0.717, 1.165) is 11.1 Å². The first kappa shape index (κ1) is 14.5. The first-order valence-corrected chi connectivity index (χ1v) is 6.76. The van der Waals surface area contributed by atoms with Crippen LogP contribution in [0.15, 0.2) is 24.3 Å². The van der Waals surface area contributed by atoms with Crippen LogP contribution >= 0.6 is 0 Å². The molecule has 0 heterocycles. The summed E-state index contributed by atoms with van der Waals surface area (Å²) in [7, 11) is 0. The lowest BCUT2D eigenvalue weighted by atomic mass is 9.84. The molecule has 0 aliphatic heterocycles. The molecule has 1 aromatic carbocycles. The summed E-state index contributed by atoms with van der Waals surface area (Å²) in [5.74, 6) is -1.79. The number of carbonyl (C=O) groups excluding carboxylic acids is 1. The second-order valence-electron chi connectivity index (χ2n) is 5.06. The number of esters is 1. The molecule has 1 aliphatic carbocycles. The zero-order chi connectivity index (χ0) is 14.7. The molecule has 3 atom stereocenters. The topological polar surface area (TPSA) is 89.6 Å². The summed E-state index contributed by atoms with van der Waals surface area (Å²) in [5.41, 5.74) is 7.84. The van der Waals surface area contributed by atoms with Crippen molar-refractivity contribution in [3.05, 3.63) is 35.4 Å². The summed E-state index contributed by atoms with van der Waals surface area (Å²) >= 11 is 0. The molecule has 0 saturated carbocycles. The SMILES string of the molecule is CCOC(=O)CC1Cc2ccccc2C1C(N)C(=O)O. The Morgan fingerprint density at radius 3 is 2.80 bits per heavy atom. The summed E-state index contributed by atoms with van der Waals surface area (Å²) in [4.78, 5) is 22.9. The predicted octanol–water partition coefficient (Wildman–Crippen LogP) is 1.31. The summed E-state index contributed by atoms with van der Waals surface area (Å²) in [6, 6.07) is 6.64. The van der Waals surface area contributed by atoms with Gasteiger partial charge < -0.3 is 15.6 Å². The summed E-state index contributed by atoms with van der Waals surface area (Å²) < 4.78 is 4.96. The van der Waals surface area contributed by atoms with Crippen LogP contribution in [0.25, 0.3) is 0 Å². The van der Waals surface area contributed by atoms with E-state index in [4.69, 9.17) is 10.5 Å². The standard InChI is InChI=1S/C15H19NO4/c1-2-20-12(17)8-10-7-9-5-3-4-6-11(9)13(10)14(16)15(18)19/h3-6,10,13-14H,2,7-8,16H2,1H3,(H,18,19). The van der Waals surface area contributed by atoms with Gasteiger partial charge in [-0.25, -0.2) is 0 Å². The smallest absolute Gasteiger partial charge is 0.321 e. The minimum absolute atomic E-state index is 0.113. The maximum atomic E-state index is 11.7. The van der Waals surface area contributed by atoms with Gasteiger partial charge in [0.05, 0.1) is 6.61 Å². The fraction of sp³-hybridized carbons (Fsp3) is 0.467. The second kappa shape index (κ2) is 6.05. The molecule has 0 amide bonds. The van der Waals surface area contributed by atoms with Crippen LogP contribution in [-0.2, 0) is 20.7 Å². The Kier molecular flexibility index (Phi) is 4.39. The van der Waals surface area contributed by atoms with E-state index in [0.29, 0.717) is 13.0 Å². The number of fused-ring (bicyclic) bond motifs is 1. The van der Waals surface area contributed by atoms with Gasteiger partial charge in [0, 0.05) is 12.3 Å². The van der Waals surface area contributed by atoms with Crippen molar-refractivity contribution in [2.75, 3.05) is 6.61 Å². The lowest BCUT2D eigenvalue weighted by Crippen LogP contribution is -2.39. The molecule has 1 aromatic rings. The number of hydrogen-bond donors (Lipinski definition) is 2. The van der Waals surface area contributed by atoms with E-state index in [1.165, 1.54) is 0 Å². The molecule has 0 radical (unpaired) electrons. The number of nitrogens with two attached hydrogens (primary N) is 1. The van der Waals surface area contributed by atoms with Crippen molar-refractivity contribution in [1.29, 1.82) is 0 Å². The highest BCUT2D eigenvalue weighted by Gasteiger charge is 2.40. The van der Waals surface area contributed by atoms with Crippen LogP contribution in [0.1, 0.15) is 30.4 Å². The number of carboxylic acid groups (broad SMARTS) is 1. The molecule has 5 heteroatoms. The molecule has 0 bridgehead atoms. The molecular formula is C15H19NO4. The Hall–Kier alpha value is -1.88. The zero-order valence-corrected chi connectivity index (χ0v) is 11.4. The fourth-order valence-corrected chi connectivity index (χ4v) is 2.98. The lowest BCUT2D eigenvalue weighted by molar-refractivity contribution is -0.145. The zero-order valence-electron chi connectivity index (χ0n) is 11.4. The Morgan fingerprint density at radius 2 is 2.15 bits per heavy atom. The molecule has 2 rings (SSSR count). The molecule has 0 spiro atoms. The minimum atomic E-state index is -1.04. The van der Waals surface area contributed by atoms with Gasteiger partial charge in [-0.2, -0.15) is 0 Å². The van der Waals surface area contributed by atoms with E-state index in [1.54, 1.807) is 6.92 Å². The van der Waals surface area contributed by atoms with Gasteiger partial charge in [-0.15, -0.1) is 0 Å². The van der Waals surface area contributed by atoms with Crippen molar-refractivity contribution in [3.8, 4) is 0 Å². The maximum absolute atomic E-state index is 11.7. The summed E-state index contributed by atoms with van der Waals surface area (Å²) in [6.45, 7) is 2.08. The van der Waals surface area contributed by atoms with Crippen LogP contribution in [0, 0.1) is 5.92 Å². The average molecular weight is 277 g/mol. The van der Waals surface area contributed by atoms with Gasteiger partial charge in [0.1, 0.15) is 6.04 Å². The van der Waals surface area contributed by atoms with E-state index in [9.17, 15) is 14.7 Å². The quantitative estimate of drug-likeness (QED) is 0.792. The van der Waals surface area contributed by atoms with Crippen LogP contribution in [0.5, 0.6) is 0 Å². The van der Waals surface area contributed by atoms with E-state index in [2.05, 4.69) is 0 Å². The Bertz CT molecular complexity index is 514. The third kappa shape index (κ3) is 2.82. The van der Waals surface area contributed by atoms with Crippen molar-refractivity contribution in [3.63, 3.8) is 0 Å². The van der Waals surface area contributed by atoms with Gasteiger partial charge in [0.15, 0.2) is 0 Å². The Labute approximate surface area is 117 Å². The summed E-state index contributed by atoms with van der Waals surface area (Å²) in [6.07, 6.45) is 0.870. The number of benzene rings is 1. The van der Waals surface area contributed by atoms with E-state index >= 15 is 0 Å². The third-order valence-corrected chi connectivity index (χ3v) is 3.81. The van der Waals surface area contributed by atoms with E-state index in [-0.39, 0.29) is 24.2 Å². The van der Waals surface area contributed by atoms with Crippen molar-refractivity contribution < 1.29 is 19.4 Å². The van der Waals surface area contributed by atoms with Crippen LogP contribution in [0.4, 0.5) is 0 Å². The molecular weight excluding hydrogens is 258 g/mol. The van der Waals surface area contributed by atoms with Crippen LogP contribution in [0.3, 0.4) is 0 Å². The molecule has 0 fully saturated rings. The molecule has 3 unspecified atom stereocenters. The van der Waals surface area contributed by atoms with Crippen molar-refractivity contribution in [2.24, 2.45) is 11.7 Å². The van der Waals surface area contributed by atoms with Gasteiger partial charge in [-0.1, -0.05) is 24.3 Å². The van der Waals surface area contributed by atoms with Gasteiger partial charge in [0.25, 0.3) is 0 Å². The molecule has 0 saturated heterocycles. The number of ether oxygens (including phenoxy) is 1. The van der Waals surface area contributed by atoms with Crippen molar-refractivity contribution in [2.45, 2.75) is 31.7 Å². The normalized spacial score (nSPS) is 22.1. The van der Waals surface area contributed by atoms with Crippen LogP contribution in [-0.4, -0.2) is 29.7 Å². The maximum Gasteiger partial charge on any atom is 0.321 e. The monoisotopic (exact) mass is 277 g/mol. The first-order chi connectivity index (χ1) is 9.54. The highest BCUT2D eigenvalue weighted by molar-refractivity contribution is 5.76. The second-order valence-corrected chi connectivity index (χ2v) is 5.06. The number of hydrogen-bond acceptors (Lipinski definition) is 4. The van der Waals surface area contributed by atoms with Gasteiger partial charge >= 0.3 is 11.9 Å². The van der Waals surface area contributed by atoms with E-state index < -0.39 is 12.0 Å². The predicted molar refractivity (Wildman–Crippen MR) is 73.2 cm³/mol. The summed E-state index contributed by atoms with van der Waals surface area (Å²) in [5, 5.41) is 9.18. The molecule has 0 aromatic heterocycles. The third-order valence-electron chi connectivity index (χ3n) is 3.81. The molecule has 1 aliphatic rings. The van der Waals surface area contributed by atoms with Gasteiger partial charge in [-0.05, 0) is 30.4 Å². The molecule has 20 heavy (non-hydrogen) atoms. The molecule has 108 valence electrons.